The van der Waals surface area contributed by atoms with Gasteiger partial charge in [0.25, 0.3) is 0 Å². The SMILES string of the molecule is C1=CC2(Nc3ccccc3[Se]2)Oc2ccc3ccccc3c21. The number of nitrogens with one attached hydrogen (secondary N) is 1. The summed E-state index contributed by atoms with van der Waals surface area (Å²) in [5, 5.41) is 6.05. The number of para-hydroxylation sites is 1. The molecule has 0 saturated carbocycles. The van der Waals surface area contributed by atoms with Gasteiger partial charge in [0, 0.05) is 0 Å². The Kier molecular flexibility index (Phi) is 2.46. The van der Waals surface area contributed by atoms with E-state index in [9.17, 15) is 0 Å². The Morgan fingerprint density at radius 2 is 1.77 bits per heavy atom. The van der Waals surface area contributed by atoms with Crippen LogP contribution in [0.3, 0.4) is 0 Å². The van der Waals surface area contributed by atoms with Crippen molar-refractivity contribution in [2.45, 2.75) is 4.62 Å². The Bertz CT molecular complexity index is 907. The first-order valence-electron chi connectivity index (χ1n) is 7.29. The molecule has 1 unspecified atom stereocenters. The molecule has 3 aromatic rings. The molecule has 0 bridgehead atoms. The molecule has 0 fully saturated rings. The third-order valence-corrected chi connectivity index (χ3v) is 6.64. The molecule has 1 atom stereocenters. The molecule has 3 aromatic carbocycles. The first-order chi connectivity index (χ1) is 10.8. The number of anilines is 1. The first-order valence-corrected chi connectivity index (χ1v) is 9.01. The van der Waals surface area contributed by atoms with Gasteiger partial charge in [0.2, 0.25) is 0 Å². The van der Waals surface area contributed by atoms with Crippen LogP contribution in [0.25, 0.3) is 16.8 Å². The van der Waals surface area contributed by atoms with E-state index in [1.165, 1.54) is 26.5 Å². The van der Waals surface area contributed by atoms with E-state index < -0.39 is 0 Å². The summed E-state index contributed by atoms with van der Waals surface area (Å²) in [6.07, 6.45) is 4.39. The van der Waals surface area contributed by atoms with Gasteiger partial charge in [-0.1, -0.05) is 0 Å². The second-order valence-corrected chi connectivity index (χ2v) is 8.15. The van der Waals surface area contributed by atoms with Crippen LogP contribution in [-0.2, 0) is 0 Å². The predicted molar refractivity (Wildman–Crippen MR) is 91.8 cm³/mol. The molecule has 5 rings (SSSR count). The number of rotatable bonds is 0. The summed E-state index contributed by atoms with van der Waals surface area (Å²) >= 11 is 0.212. The summed E-state index contributed by atoms with van der Waals surface area (Å²) in [6, 6.07) is 21.1. The normalized spacial score (nSPS) is 21.3. The molecule has 0 aromatic heterocycles. The topological polar surface area (TPSA) is 21.3 Å². The monoisotopic (exact) mass is 351 g/mol. The van der Waals surface area contributed by atoms with Crippen molar-refractivity contribution in [3.8, 4) is 5.75 Å². The molecule has 106 valence electrons. The molecule has 0 radical (unpaired) electrons. The average Bonchev–Trinajstić information content (AvgIpc) is 2.91. The van der Waals surface area contributed by atoms with Gasteiger partial charge < -0.3 is 0 Å². The van der Waals surface area contributed by atoms with Gasteiger partial charge in [-0.2, -0.15) is 0 Å². The molecule has 22 heavy (non-hydrogen) atoms. The molecule has 0 amide bonds. The molecule has 2 nitrogen and oxygen atoms in total. The predicted octanol–water partition coefficient (Wildman–Crippen LogP) is 3.35. The van der Waals surface area contributed by atoms with Gasteiger partial charge in [-0.05, 0) is 0 Å². The maximum absolute atomic E-state index is 6.40. The molecule has 1 spiro atoms. The van der Waals surface area contributed by atoms with Crippen LogP contribution in [0.5, 0.6) is 5.75 Å². The fourth-order valence-electron chi connectivity index (χ4n) is 3.08. The molecule has 0 saturated heterocycles. The zero-order valence-corrected chi connectivity index (χ0v) is 13.5. The van der Waals surface area contributed by atoms with E-state index in [2.05, 4.69) is 78.1 Å². The van der Waals surface area contributed by atoms with Crippen molar-refractivity contribution in [3.63, 3.8) is 0 Å². The second kappa shape index (κ2) is 4.39. The van der Waals surface area contributed by atoms with Gasteiger partial charge in [-0.3, -0.25) is 0 Å². The van der Waals surface area contributed by atoms with Crippen LogP contribution in [-0.4, -0.2) is 19.6 Å². The zero-order chi connectivity index (χ0) is 14.6. The third kappa shape index (κ3) is 1.73. The van der Waals surface area contributed by atoms with Gasteiger partial charge in [-0.15, -0.1) is 0 Å². The molecule has 0 aliphatic carbocycles. The van der Waals surface area contributed by atoms with Crippen molar-refractivity contribution in [2.75, 3.05) is 5.32 Å². The molecular formula is C19H13NOSe. The van der Waals surface area contributed by atoms with Gasteiger partial charge in [-0.25, -0.2) is 0 Å². The molecule has 1 N–H and O–H groups in total. The maximum atomic E-state index is 6.40. The number of fused-ring (bicyclic) bond motifs is 4. The fraction of sp³-hybridized carbons (Fsp3) is 0.0526. The summed E-state index contributed by atoms with van der Waals surface area (Å²) < 4.78 is 7.38. The van der Waals surface area contributed by atoms with Crippen molar-refractivity contribution in [1.82, 2.24) is 0 Å². The molecule has 2 aliphatic heterocycles. The quantitative estimate of drug-likeness (QED) is 0.628. The van der Waals surface area contributed by atoms with E-state index >= 15 is 0 Å². The summed E-state index contributed by atoms with van der Waals surface area (Å²) in [6.45, 7) is 0. The second-order valence-electron chi connectivity index (χ2n) is 5.52. The molecule has 3 heteroatoms. The van der Waals surface area contributed by atoms with Crippen molar-refractivity contribution in [1.29, 1.82) is 0 Å². The van der Waals surface area contributed by atoms with E-state index in [1.807, 2.05) is 0 Å². The van der Waals surface area contributed by atoms with Crippen molar-refractivity contribution >= 4 is 42.0 Å². The van der Waals surface area contributed by atoms with E-state index in [1.54, 1.807) is 0 Å². The first kappa shape index (κ1) is 12.3. The van der Waals surface area contributed by atoms with Gasteiger partial charge in [0.1, 0.15) is 0 Å². The Balaban J connectivity index is 1.61. The number of ether oxygens (including phenoxy) is 1. The van der Waals surface area contributed by atoms with E-state index in [0.29, 0.717) is 0 Å². The van der Waals surface area contributed by atoms with Gasteiger partial charge in [0.15, 0.2) is 0 Å². The Morgan fingerprint density at radius 3 is 2.73 bits per heavy atom. The van der Waals surface area contributed by atoms with Crippen LogP contribution in [0.1, 0.15) is 5.56 Å². The van der Waals surface area contributed by atoms with Crippen LogP contribution in [0.4, 0.5) is 5.69 Å². The van der Waals surface area contributed by atoms with Crippen LogP contribution in [0, 0.1) is 0 Å². The van der Waals surface area contributed by atoms with Crippen molar-refractivity contribution < 1.29 is 4.74 Å². The van der Waals surface area contributed by atoms with Crippen LogP contribution in [0.2, 0.25) is 0 Å². The number of benzene rings is 3. The van der Waals surface area contributed by atoms with E-state index in [0.717, 1.165) is 5.75 Å². The minimum absolute atomic E-state index is 0.212. The Hall–Kier alpha value is -2.22. The molecule has 2 heterocycles. The van der Waals surface area contributed by atoms with Crippen LogP contribution >= 0.6 is 0 Å². The van der Waals surface area contributed by atoms with Crippen molar-refractivity contribution in [2.24, 2.45) is 0 Å². The number of hydrogen-bond acceptors (Lipinski definition) is 2. The van der Waals surface area contributed by atoms with E-state index in [-0.39, 0.29) is 19.6 Å². The summed E-state index contributed by atoms with van der Waals surface area (Å²) in [4.78, 5) is 0. The van der Waals surface area contributed by atoms with Crippen molar-refractivity contribution in [3.05, 3.63) is 72.3 Å². The Morgan fingerprint density at radius 1 is 0.909 bits per heavy atom. The zero-order valence-electron chi connectivity index (χ0n) is 11.7. The van der Waals surface area contributed by atoms with Gasteiger partial charge in [0.05, 0.1) is 0 Å². The van der Waals surface area contributed by atoms with Crippen LogP contribution < -0.4 is 14.5 Å². The number of hydrogen-bond donors (Lipinski definition) is 1. The average molecular weight is 350 g/mol. The summed E-state index contributed by atoms with van der Waals surface area (Å²) in [5.74, 6) is 0.961. The Labute approximate surface area is 135 Å². The van der Waals surface area contributed by atoms with Gasteiger partial charge >= 0.3 is 135 Å². The van der Waals surface area contributed by atoms with E-state index in [4.69, 9.17) is 4.74 Å². The fourth-order valence-corrected chi connectivity index (χ4v) is 5.46. The summed E-state index contributed by atoms with van der Waals surface area (Å²) in [7, 11) is 0. The van der Waals surface area contributed by atoms with Crippen LogP contribution in [0.15, 0.2) is 66.7 Å². The standard InChI is InChI=1S/C19H13NOSe/c1-2-6-14-13(5-1)9-10-17-15(14)11-12-19(21-17)20-16-7-3-4-8-18(16)22-19/h1-12,20H. The minimum atomic E-state index is -0.383. The molecular weight excluding hydrogens is 337 g/mol. The third-order valence-electron chi connectivity index (χ3n) is 4.12. The molecule has 2 aliphatic rings. The summed E-state index contributed by atoms with van der Waals surface area (Å²) in [5.41, 5.74) is 2.37.